The zero-order valence-corrected chi connectivity index (χ0v) is 30.0. The summed E-state index contributed by atoms with van der Waals surface area (Å²) in [7, 11) is 0. The molecule has 0 N–H and O–H groups in total. The molecule has 3 aromatic heterocycles. The Balaban J connectivity index is 0.00000127. The van der Waals surface area contributed by atoms with Crippen molar-refractivity contribution >= 4 is 43.6 Å². The first kappa shape index (κ1) is 25.0. The van der Waals surface area contributed by atoms with Crippen molar-refractivity contribution in [2.75, 3.05) is 0 Å². The van der Waals surface area contributed by atoms with Crippen LogP contribution >= 0.6 is 0 Å². The van der Waals surface area contributed by atoms with Gasteiger partial charge in [-0.2, -0.15) is 0 Å². The van der Waals surface area contributed by atoms with Gasteiger partial charge in [-0.1, -0.05) is 109 Å². The Morgan fingerprint density at radius 1 is 0.451 bits per heavy atom. The van der Waals surface area contributed by atoms with Gasteiger partial charge in [-0.15, -0.1) is 35.9 Å². The van der Waals surface area contributed by atoms with Crippen molar-refractivity contribution < 1.29 is 42.3 Å². The van der Waals surface area contributed by atoms with Gasteiger partial charge in [0.15, 0.2) is 0 Å². The molecule has 0 fully saturated rings. The van der Waals surface area contributed by atoms with Crippen LogP contribution in [0.15, 0.2) is 194 Å². The Morgan fingerprint density at radius 3 is 1.22 bits per heavy atom. The molecule has 0 saturated heterocycles. The summed E-state index contributed by atoms with van der Waals surface area (Å²) in [5, 5.41) is 5.14. The van der Waals surface area contributed by atoms with Crippen LogP contribution in [-0.4, -0.2) is 14.1 Å². The number of benzene rings is 7. The molecule has 0 aliphatic carbocycles. The topological polar surface area (TPSA) is 22.8 Å². The minimum absolute atomic E-state index is 0. The van der Waals surface area contributed by atoms with Crippen molar-refractivity contribution in [2.45, 2.75) is 0 Å². The van der Waals surface area contributed by atoms with Gasteiger partial charge >= 0.3 is 0 Å². The molecular weight excluding hydrogens is 799 g/mol. The van der Waals surface area contributed by atoms with Crippen LogP contribution in [0.1, 0.15) is 22.2 Å². The van der Waals surface area contributed by atoms with E-state index in [4.69, 9.17) is 20.8 Å². The van der Waals surface area contributed by atoms with E-state index < -0.39 is 0 Å². The molecular formula is C47H48IrN3-. The van der Waals surface area contributed by atoms with E-state index in [2.05, 4.69) is 166 Å². The first-order valence-electron chi connectivity index (χ1n) is 23.9. The second-order valence-electron chi connectivity index (χ2n) is 12.3. The standard InChI is InChI=1S/C36H24N2.C11H8N.Ir.8H2/c1-5-13-33-29(9-1)30-10-2-6-14-34(30)37(33)27-21-17-25(18-22-27)26-19-23-28(24-20-26)38-35-15-7-3-11-31(35)32-12-4-8-16-36(32)38;1-2-6-10(7-3-1)11-8-4-5-9-12-11;;;;;;;;;/h1-24H;1-6,8-9H;;8*1H/q;-1;;;;;;;;;/i;;;5*1+2T;2*1+1D;1+1. The molecule has 10 aromatic rings. The van der Waals surface area contributed by atoms with Crippen LogP contribution in [0.3, 0.4) is 0 Å². The number of nitrogens with zero attached hydrogens (tertiary/aromatic N) is 3. The van der Waals surface area contributed by atoms with E-state index in [-0.39, 0.29) is 21.5 Å². The summed E-state index contributed by atoms with van der Waals surface area (Å²) in [4.78, 5) is 4.22. The number of fused-ring (bicyclic) bond motifs is 6. The van der Waals surface area contributed by atoms with Crippen LogP contribution in [0.25, 0.3) is 77.4 Å². The fraction of sp³-hybridized carbons (Fsp3) is 0. The fourth-order valence-electron chi connectivity index (χ4n) is 7.08. The van der Waals surface area contributed by atoms with Gasteiger partial charge in [0.1, 0.15) is 0 Å². The van der Waals surface area contributed by atoms with Crippen molar-refractivity contribution in [3.05, 3.63) is 200 Å². The second kappa shape index (κ2) is 14.0. The van der Waals surface area contributed by atoms with Gasteiger partial charge in [0.25, 0.3) is 0 Å². The van der Waals surface area contributed by atoms with Crippen LogP contribution in [0, 0.1) is 6.07 Å². The Morgan fingerprint density at radius 2 is 0.843 bits per heavy atom. The SMILES string of the molecule is [2HH].[2H][2H].[2H][2H].[3H][3H].[3H][3H].[3H][3H].[3H][3H].[3H][3H].[Ir].[c-]1ccccc1-c1ccccn1.c1ccc2c(c1)c1ccccc1n2-c1ccc(-c2ccc(-n3c4ccccc4c4ccccc43)cc2)cc1. The number of hydrogen-bond acceptors (Lipinski definition) is 1. The van der Waals surface area contributed by atoms with Crippen LogP contribution in [0.4, 0.5) is 0 Å². The minimum atomic E-state index is 0. The summed E-state index contributed by atoms with van der Waals surface area (Å²) in [6, 6.07) is 69.3. The van der Waals surface area contributed by atoms with Gasteiger partial charge in [-0.3, -0.25) is 0 Å². The summed E-state index contributed by atoms with van der Waals surface area (Å²) in [6.45, 7) is 0. The zero-order chi connectivity index (χ0) is 47.3. The maximum Gasteiger partial charge on any atom is 0.0541 e. The number of rotatable bonds is 4. The van der Waals surface area contributed by atoms with Gasteiger partial charge in [-0.05, 0) is 71.4 Å². The Hall–Kier alpha value is -6.06. The van der Waals surface area contributed by atoms with E-state index in [1.165, 1.54) is 66.1 Å². The molecule has 1 radical (unpaired) electrons. The third-order valence-electron chi connectivity index (χ3n) is 9.39. The number of hydrogen-bond donors (Lipinski definition) is 0. The Bertz CT molecular complexity index is 2480. The number of para-hydroxylation sites is 4. The van der Waals surface area contributed by atoms with Crippen molar-refractivity contribution in [2.24, 2.45) is 0 Å². The summed E-state index contributed by atoms with van der Waals surface area (Å²) in [5.74, 6) is 0. The van der Waals surface area contributed by atoms with Gasteiger partial charge in [0.2, 0.25) is 0 Å². The van der Waals surface area contributed by atoms with E-state index in [0.717, 1.165) is 11.3 Å². The zero-order valence-electron chi connectivity index (χ0n) is 41.7. The molecule has 0 atom stereocenters. The minimum Gasteiger partial charge on any atom is -0.309 e. The number of pyridine rings is 1. The van der Waals surface area contributed by atoms with Crippen molar-refractivity contribution in [3.8, 4) is 33.8 Å². The Labute approximate surface area is 333 Å². The molecule has 0 spiro atoms. The summed E-state index contributed by atoms with van der Waals surface area (Å²) >= 11 is 0. The smallest absolute Gasteiger partial charge is 0.0541 e. The average molecular weight is 872 g/mol. The fourth-order valence-corrected chi connectivity index (χ4v) is 7.08. The maximum atomic E-state index is 5.00. The second-order valence-corrected chi connectivity index (χ2v) is 12.3. The normalized spacial score (nSPS) is 12.1. The molecule has 3 nitrogen and oxygen atoms in total. The number of aromatic nitrogens is 3. The van der Waals surface area contributed by atoms with Crippen molar-refractivity contribution in [3.63, 3.8) is 0 Å². The van der Waals surface area contributed by atoms with E-state index in [1.54, 1.807) is 6.20 Å². The third-order valence-corrected chi connectivity index (χ3v) is 9.39. The van der Waals surface area contributed by atoms with Gasteiger partial charge in [-0.25, -0.2) is 0 Å². The molecule has 0 aliphatic heterocycles. The maximum absolute atomic E-state index is 5.00. The summed E-state index contributed by atoms with van der Waals surface area (Å²) in [5.41, 5.74) is 11.7. The average Bonchev–Trinajstić information content (AvgIpc) is 3.94. The molecule has 261 valence electrons. The van der Waals surface area contributed by atoms with E-state index in [9.17, 15) is 0 Å². The largest absolute Gasteiger partial charge is 0.309 e. The van der Waals surface area contributed by atoms with Crippen LogP contribution in [-0.2, 0) is 20.1 Å². The predicted octanol–water partition coefficient (Wildman–Crippen LogP) is 14.1. The van der Waals surface area contributed by atoms with Crippen molar-refractivity contribution in [1.82, 2.24) is 14.1 Å². The van der Waals surface area contributed by atoms with Crippen LogP contribution in [0.5, 0.6) is 0 Å². The van der Waals surface area contributed by atoms with Crippen LogP contribution < -0.4 is 0 Å². The molecule has 0 aliphatic rings. The molecule has 7 aromatic carbocycles. The molecule has 10 rings (SSSR count). The van der Waals surface area contributed by atoms with Crippen molar-refractivity contribution in [1.29, 1.82) is 0 Å². The monoisotopic (exact) mass is 872 g/mol. The summed E-state index contributed by atoms with van der Waals surface area (Å²) in [6.07, 6.45) is 1.79. The quantitative estimate of drug-likeness (QED) is 0.162. The molecule has 3 heterocycles. The first-order chi connectivity index (χ1) is 31.8. The van der Waals surface area contributed by atoms with E-state index in [1.807, 2.05) is 42.5 Å². The molecule has 4 heteroatoms. The molecule has 51 heavy (non-hydrogen) atoms. The van der Waals surface area contributed by atoms with Gasteiger partial charge < -0.3 is 14.1 Å². The molecule has 0 unspecified atom stereocenters. The van der Waals surface area contributed by atoms with Crippen LogP contribution in [0.2, 0.25) is 0 Å². The van der Waals surface area contributed by atoms with Gasteiger partial charge in [0.05, 0.1) is 22.1 Å². The Kier molecular flexibility index (Phi) is 6.88. The third kappa shape index (κ3) is 5.95. The van der Waals surface area contributed by atoms with Gasteiger partial charge in [0, 0.05) is 81.4 Å². The predicted molar refractivity (Wildman–Crippen MR) is 226 cm³/mol. The molecule has 0 saturated carbocycles. The molecule has 0 amide bonds. The van der Waals surface area contributed by atoms with E-state index in [0.29, 0.717) is 0 Å². The van der Waals surface area contributed by atoms with E-state index >= 15 is 0 Å². The molecule has 0 bridgehead atoms. The summed E-state index contributed by atoms with van der Waals surface area (Å²) < 4.78 is 74.7. The first-order valence-corrected chi connectivity index (χ1v) is 16.9.